The Morgan fingerprint density at radius 2 is 1.43 bits per heavy atom. The second kappa shape index (κ2) is 11.5. The zero-order chi connectivity index (χ0) is 22.1. The smallest absolute Gasteiger partial charge is 0.238 e. The lowest BCUT2D eigenvalue weighted by Crippen LogP contribution is -2.35. The molecule has 9 heteroatoms. The minimum atomic E-state index is -0.239. The summed E-state index contributed by atoms with van der Waals surface area (Å²) in [6.07, 6.45) is 0.189. The fraction of sp³-hybridized carbons (Fsp3) is 0.286. The summed E-state index contributed by atoms with van der Waals surface area (Å²) in [7, 11) is 0. The third kappa shape index (κ3) is 7.67. The van der Waals surface area contributed by atoms with Gasteiger partial charge in [0.15, 0.2) is 0 Å². The number of nitrogens with one attached hydrogen (secondary N) is 3. The van der Waals surface area contributed by atoms with Crippen molar-refractivity contribution in [3.8, 4) is 0 Å². The Hall–Kier alpha value is -2.61. The van der Waals surface area contributed by atoms with E-state index in [4.69, 9.17) is 23.2 Å². The van der Waals surface area contributed by atoms with Crippen LogP contribution in [0.4, 0.5) is 17.1 Å². The molecule has 0 bridgehead atoms. The van der Waals surface area contributed by atoms with Crippen LogP contribution in [0.25, 0.3) is 0 Å². The van der Waals surface area contributed by atoms with Crippen LogP contribution in [0.15, 0.2) is 42.5 Å². The molecule has 0 fully saturated rings. The molecule has 0 aliphatic carbocycles. The Morgan fingerprint density at radius 1 is 0.867 bits per heavy atom. The van der Waals surface area contributed by atoms with E-state index in [2.05, 4.69) is 16.0 Å². The molecule has 3 N–H and O–H groups in total. The van der Waals surface area contributed by atoms with Crippen molar-refractivity contribution >= 4 is 58.0 Å². The van der Waals surface area contributed by atoms with Crippen LogP contribution < -0.4 is 16.0 Å². The zero-order valence-corrected chi connectivity index (χ0v) is 18.3. The van der Waals surface area contributed by atoms with E-state index >= 15 is 0 Å². The molecule has 0 heterocycles. The maximum atomic E-state index is 12.3. The Bertz CT molecular complexity index is 883. The number of halogens is 2. The molecule has 7 nitrogen and oxygen atoms in total. The van der Waals surface area contributed by atoms with Crippen molar-refractivity contribution < 1.29 is 14.4 Å². The topological polar surface area (TPSA) is 90.5 Å². The molecule has 0 atom stereocenters. The number of benzene rings is 2. The molecule has 2 rings (SSSR count). The summed E-state index contributed by atoms with van der Waals surface area (Å²) in [6, 6.07) is 11.8. The molecule has 2 aromatic carbocycles. The van der Waals surface area contributed by atoms with E-state index in [1.807, 2.05) is 11.8 Å². The molecule has 160 valence electrons. The number of likely N-dealkylation sites (N-methyl/N-ethyl adjacent to an activating group) is 1. The summed E-state index contributed by atoms with van der Waals surface area (Å²) in [4.78, 5) is 37.5. The van der Waals surface area contributed by atoms with Crippen LogP contribution >= 0.6 is 23.2 Å². The Kier molecular flexibility index (Phi) is 9.11. The maximum absolute atomic E-state index is 12.3. The van der Waals surface area contributed by atoms with Gasteiger partial charge in [-0.2, -0.15) is 0 Å². The SMILES string of the molecule is CCN(CCC(=O)Nc1c(Cl)cccc1Cl)CC(=O)Nc1ccc(NC(C)=O)cc1. The fourth-order valence-corrected chi connectivity index (χ4v) is 3.16. The standard InChI is InChI=1S/C21H24Cl2N4O3/c1-3-27(12-11-19(29)26-21-17(22)5-4-6-18(21)23)13-20(30)25-16-9-7-15(8-10-16)24-14(2)28/h4-10H,3,11-13H2,1-2H3,(H,24,28)(H,25,30)(H,26,29). The summed E-state index contributed by atoms with van der Waals surface area (Å²) in [5.74, 6) is -0.595. The van der Waals surface area contributed by atoms with Gasteiger partial charge in [0.2, 0.25) is 17.7 Å². The van der Waals surface area contributed by atoms with E-state index in [0.717, 1.165) is 0 Å². The molecule has 30 heavy (non-hydrogen) atoms. The van der Waals surface area contributed by atoms with E-state index in [-0.39, 0.29) is 30.7 Å². The number of para-hydroxylation sites is 1. The van der Waals surface area contributed by atoms with Gasteiger partial charge in [-0.25, -0.2) is 0 Å². The Balaban J connectivity index is 1.82. The Morgan fingerprint density at radius 3 is 1.97 bits per heavy atom. The third-order valence-corrected chi connectivity index (χ3v) is 4.82. The summed E-state index contributed by atoms with van der Waals surface area (Å²) < 4.78 is 0. The number of rotatable bonds is 9. The molecule has 0 saturated carbocycles. The summed E-state index contributed by atoms with van der Waals surface area (Å²) >= 11 is 12.1. The van der Waals surface area contributed by atoms with Crippen molar-refractivity contribution in [2.45, 2.75) is 20.3 Å². The number of carbonyl (C=O) groups is 3. The molecule has 2 aromatic rings. The van der Waals surface area contributed by atoms with Crippen molar-refractivity contribution in [3.05, 3.63) is 52.5 Å². The molecule has 3 amide bonds. The monoisotopic (exact) mass is 450 g/mol. The van der Waals surface area contributed by atoms with Crippen molar-refractivity contribution in [2.75, 3.05) is 35.6 Å². The highest BCUT2D eigenvalue weighted by Crippen LogP contribution is 2.29. The average molecular weight is 451 g/mol. The van der Waals surface area contributed by atoms with Crippen LogP contribution in [-0.4, -0.2) is 42.3 Å². The normalized spacial score (nSPS) is 10.6. The lowest BCUT2D eigenvalue weighted by atomic mass is 10.2. The predicted molar refractivity (Wildman–Crippen MR) is 121 cm³/mol. The molecule has 0 aliphatic heterocycles. The summed E-state index contributed by atoms with van der Waals surface area (Å²) in [6.45, 7) is 4.50. The predicted octanol–water partition coefficient (Wildman–Crippen LogP) is 4.24. The first kappa shape index (κ1) is 23.7. The van der Waals surface area contributed by atoms with Crippen LogP contribution in [0, 0.1) is 0 Å². The van der Waals surface area contributed by atoms with Crippen molar-refractivity contribution in [1.29, 1.82) is 0 Å². The molecule has 0 aliphatic rings. The number of hydrogen-bond acceptors (Lipinski definition) is 4. The van der Waals surface area contributed by atoms with E-state index < -0.39 is 0 Å². The van der Waals surface area contributed by atoms with Crippen molar-refractivity contribution in [1.82, 2.24) is 4.90 Å². The van der Waals surface area contributed by atoms with Gasteiger partial charge in [-0.15, -0.1) is 0 Å². The lowest BCUT2D eigenvalue weighted by molar-refractivity contribution is -0.119. The van der Waals surface area contributed by atoms with Gasteiger partial charge in [0.05, 0.1) is 22.3 Å². The largest absolute Gasteiger partial charge is 0.326 e. The zero-order valence-electron chi connectivity index (χ0n) is 16.8. The third-order valence-electron chi connectivity index (χ3n) is 4.19. The molecular formula is C21H24Cl2N4O3. The molecule has 0 saturated heterocycles. The minimum absolute atomic E-state index is 0.143. The second-order valence-corrected chi connectivity index (χ2v) is 7.38. The van der Waals surface area contributed by atoms with Crippen LogP contribution in [0.3, 0.4) is 0 Å². The van der Waals surface area contributed by atoms with E-state index in [1.165, 1.54) is 6.92 Å². The highest BCUT2D eigenvalue weighted by molar-refractivity contribution is 6.39. The lowest BCUT2D eigenvalue weighted by Gasteiger charge is -2.20. The van der Waals surface area contributed by atoms with Gasteiger partial charge in [0.1, 0.15) is 0 Å². The van der Waals surface area contributed by atoms with E-state index in [0.29, 0.717) is 40.2 Å². The number of hydrogen-bond donors (Lipinski definition) is 3. The quantitative estimate of drug-likeness (QED) is 0.532. The first-order chi connectivity index (χ1) is 14.3. The molecule has 0 aromatic heterocycles. The molecular weight excluding hydrogens is 427 g/mol. The first-order valence-corrected chi connectivity index (χ1v) is 10.2. The van der Waals surface area contributed by atoms with Gasteiger partial charge in [0.25, 0.3) is 0 Å². The highest BCUT2D eigenvalue weighted by atomic mass is 35.5. The van der Waals surface area contributed by atoms with Gasteiger partial charge in [-0.05, 0) is 42.9 Å². The first-order valence-electron chi connectivity index (χ1n) is 9.42. The Labute approximate surface area is 185 Å². The van der Waals surface area contributed by atoms with Gasteiger partial charge in [-0.1, -0.05) is 36.2 Å². The number of carbonyl (C=O) groups excluding carboxylic acids is 3. The van der Waals surface area contributed by atoms with Crippen LogP contribution in [0.1, 0.15) is 20.3 Å². The van der Waals surface area contributed by atoms with Gasteiger partial charge in [-0.3, -0.25) is 19.3 Å². The summed E-state index contributed by atoms with van der Waals surface area (Å²) in [5, 5.41) is 8.91. The molecule has 0 radical (unpaired) electrons. The minimum Gasteiger partial charge on any atom is -0.326 e. The second-order valence-electron chi connectivity index (χ2n) is 6.57. The van der Waals surface area contributed by atoms with Gasteiger partial charge < -0.3 is 16.0 Å². The van der Waals surface area contributed by atoms with Crippen LogP contribution in [-0.2, 0) is 14.4 Å². The van der Waals surface area contributed by atoms with Crippen LogP contribution in [0.2, 0.25) is 10.0 Å². The average Bonchev–Trinajstić information content (AvgIpc) is 2.69. The van der Waals surface area contributed by atoms with Crippen molar-refractivity contribution in [2.24, 2.45) is 0 Å². The maximum Gasteiger partial charge on any atom is 0.238 e. The van der Waals surface area contributed by atoms with Crippen LogP contribution in [0.5, 0.6) is 0 Å². The molecule has 0 unspecified atom stereocenters. The van der Waals surface area contributed by atoms with Gasteiger partial charge in [0, 0.05) is 31.3 Å². The van der Waals surface area contributed by atoms with Crippen molar-refractivity contribution in [3.63, 3.8) is 0 Å². The number of amides is 3. The van der Waals surface area contributed by atoms with E-state index in [9.17, 15) is 14.4 Å². The molecule has 0 spiro atoms. The highest BCUT2D eigenvalue weighted by Gasteiger charge is 2.13. The summed E-state index contributed by atoms with van der Waals surface area (Å²) in [5.41, 5.74) is 1.66. The van der Waals surface area contributed by atoms with E-state index in [1.54, 1.807) is 42.5 Å². The number of anilines is 3. The number of nitrogens with zero attached hydrogens (tertiary/aromatic N) is 1. The fourth-order valence-electron chi connectivity index (χ4n) is 2.67. The van der Waals surface area contributed by atoms with Gasteiger partial charge >= 0.3 is 0 Å².